The molecule has 5 rings (SSSR count). The van der Waals surface area contributed by atoms with E-state index in [4.69, 9.17) is 10.00 Å². The molecule has 0 aliphatic rings. The standard InChI is InChI=1S/C20H21N5O.C14H16N4O/c1-20(2,3)13-23-19-16-10-15(26-12-14-6-4-5-9-22-14)7-8-17(16)24-18(11-21)25-19;1-14(2,3)8-16-13-10-6-9(19)4-5-11(10)17-12(7-15)18-13/h4-10H,12-13H2,1-3H3,(H,23,24,25);4-6,19H,8H2,1-3H3,(H,16,17,18). The minimum Gasteiger partial charge on any atom is -0.508 e. The van der Waals surface area contributed by atoms with Crippen molar-refractivity contribution in [1.29, 1.82) is 10.5 Å². The summed E-state index contributed by atoms with van der Waals surface area (Å²) in [6, 6.07) is 20.1. The van der Waals surface area contributed by atoms with Crippen molar-refractivity contribution >= 4 is 33.4 Å². The van der Waals surface area contributed by atoms with Crippen LogP contribution in [0, 0.1) is 33.5 Å². The summed E-state index contributed by atoms with van der Waals surface area (Å²) in [5.74, 6) is 2.35. The summed E-state index contributed by atoms with van der Waals surface area (Å²) in [5.41, 5.74) is 2.37. The molecule has 0 aliphatic heterocycles. The Labute approximate surface area is 263 Å². The lowest BCUT2D eigenvalue weighted by Crippen LogP contribution is -2.20. The fraction of sp³-hybridized carbons (Fsp3) is 0.324. The first kappa shape index (κ1) is 32.4. The number of nitriles is 2. The number of ether oxygens (including phenoxy) is 1. The Bertz CT molecular complexity index is 1870. The highest BCUT2D eigenvalue weighted by molar-refractivity contribution is 5.91. The SMILES string of the molecule is CC(C)(C)CNc1nc(C#N)nc2ccc(O)cc12.CC(C)(C)CNc1nc(C#N)nc2ccc(OCc3ccccn3)cc12. The van der Waals surface area contributed by atoms with Gasteiger partial charge >= 0.3 is 0 Å². The number of anilines is 2. The predicted octanol–water partition coefficient (Wildman–Crippen LogP) is 6.60. The van der Waals surface area contributed by atoms with Crippen molar-refractivity contribution in [2.24, 2.45) is 10.8 Å². The van der Waals surface area contributed by atoms with E-state index in [-0.39, 0.29) is 28.2 Å². The lowest BCUT2D eigenvalue weighted by Gasteiger charge is -2.20. The van der Waals surface area contributed by atoms with Gasteiger partial charge in [-0.3, -0.25) is 4.98 Å². The van der Waals surface area contributed by atoms with Crippen LogP contribution in [-0.2, 0) is 6.61 Å². The molecular weight excluding hydrogens is 566 g/mol. The maximum Gasteiger partial charge on any atom is 0.234 e. The molecule has 3 heterocycles. The van der Waals surface area contributed by atoms with Crippen molar-refractivity contribution in [3.63, 3.8) is 0 Å². The molecular formula is C34H37N9O2. The van der Waals surface area contributed by atoms with Gasteiger partial charge in [0.25, 0.3) is 0 Å². The first-order valence-electron chi connectivity index (χ1n) is 14.5. The topological polar surface area (TPSA) is 166 Å². The van der Waals surface area contributed by atoms with Gasteiger partial charge < -0.3 is 20.5 Å². The fourth-order valence-corrected chi connectivity index (χ4v) is 4.02. The van der Waals surface area contributed by atoms with Gasteiger partial charge in [0.15, 0.2) is 0 Å². The molecule has 0 unspecified atom stereocenters. The van der Waals surface area contributed by atoms with Gasteiger partial charge in [0, 0.05) is 30.1 Å². The largest absolute Gasteiger partial charge is 0.508 e. The second-order valence-corrected chi connectivity index (χ2v) is 12.8. The zero-order chi connectivity index (χ0) is 32.6. The van der Waals surface area contributed by atoms with Crippen LogP contribution in [0.25, 0.3) is 21.8 Å². The van der Waals surface area contributed by atoms with Crippen LogP contribution in [0.4, 0.5) is 11.6 Å². The van der Waals surface area contributed by atoms with Gasteiger partial charge in [0.05, 0.1) is 16.7 Å². The second-order valence-electron chi connectivity index (χ2n) is 12.8. The minimum atomic E-state index is 0.0805. The van der Waals surface area contributed by atoms with E-state index < -0.39 is 0 Å². The van der Waals surface area contributed by atoms with Gasteiger partial charge in [0.1, 0.15) is 41.9 Å². The zero-order valence-electron chi connectivity index (χ0n) is 26.4. The third kappa shape index (κ3) is 9.47. The van der Waals surface area contributed by atoms with Crippen molar-refractivity contribution in [3.8, 4) is 23.6 Å². The van der Waals surface area contributed by atoms with Gasteiger partial charge in [-0.1, -0.05) is 47.6 Å². The normalized spacial score (nSPS) is 11.2. The average molecular weight is 604 g/mol. The van der Waals surface area contributed by atoms with Crippen molar-refractivity contribution in [1.82, 2.24) is 24.9 Å². The minimum absolute atomic E-state index is 0.0805. The van der Waals surface area contributed by atoms with E-state index in [0.717, 1.165) is 17.6 Å². The number of aromatic nitrogens is 5. The number of hydrogen-bond donors (Lipinski definition) is 3. The van der Waals surface area contributed by atoms with Gasteiger partial charge in [-0.05, 0) is 59.4 Å². The molecule has 5 aromatic rings. The van der Waals surface area contributed by atoms with Gasteiger partial charge in [-0.25, -0.2) is 19.9 Å². The van der Waals surface area contributed by atoms with E-state index in [1.807, 2.05) is 48.5 Å². The van der Waals surface area contributed by atoms with Crippen LogP contribution in [0.5, 0.6) is 11.5 Å². The van der Waals surface area contributed by atoms with Gasteiger partial charge in [-0.15, -0.1) is 0 Å². The molecule has 3 N–H and O–H groups in total. The van der Waals surface area contributed by atoms with E-state index in [1.54, 1.807) is 24.4 Å². The summed E-state index contributed by atoms with van der Waals surface area (Å²) in [4.78, 5) is 21.1. The number of benzene rings is 2. The van der Waals surface area contributed by atoms with Crippen LogP contribution in [0.1, 0.15) is 58.9 Å². The summed E-state index contributed by atoms with van der Waals surface area (Å²) in [6.45, 7) is 14.5. The number of pyridine rings is 1. The zero-order valence-corrected chi connectivity index (χ0v) is 26.4. The summed E-state index contributed by atoms with van der Waals surface area (Å²) in [7, 11) is 0. The molecule has 0 saturated heterocycles. The summed E-state index contributed by atoms with van der Waals surface area (Å²) >= 11 is 0. The molecule has 0 spiro atoms. The van der Waals surface area contributed by atoms with E-state index in [0.29, 0.717) is 47.0 Å². The molecule has 3 aromatic heterocycles. The fourth-order valence-electron chi connectivity index (χ4n) is 4.02. The van der Waals surface area contributed by atoms with E-state index in [2.05, 4.69) is 77.1 Å². The monoisotopic (exact) mass is 603 g/mol. The number of aromatic hydroxyl groups is 1. The highest BCUT2D eigenvalue weighted by Gasteiger charge is 2.15. The number of hydrogen-bond acceptors (Lipinski definition) is 11. The maximum absolute atomic E-state index is 9.56. The number of nitrogens with one attached hydrogen (secondary N) is 2. The van der Waals surface area contributed by atoms with Crippen molar-refractivity contribution in [2.45, 2.75) is 48.1 Å². The Balaban J connectivity index is 0.000000215. The summed E-state index contributed by atoms with van der Waals surface area (Å²) in [6.07, 6.45) is 1.74. The first-order chi connectivity index (χ1) is 21.3. The van der Waals surface area contributed by atoms with Crippen LogP contribution < -0.4 is 15.4 Å². The van der Waals surface area contributed by atoms with Crippen molar-refractivity contribution in [2.75, 3.05) is 23.7 Å². The number of fused-ring (bicyclic) bond motifs is 2. The summed E-state index contributed by atoms with van der Waals surface area (Å²) < 4.78 is 5.85. The molecule has 11 heteroatoms. The van der Waals surface area contributed by atoms with Crippen LogP contribution in [-0.4, -0.2) is 43.1 Å². The smallest absolute Gasteiger partial charge is 0.234 e. The number of nitrogens with zero attached hydrogens (tertiary/aromatic N) is 7. The lowest BCUT2D eigenvalue weighted by atomic mass is 9.97. The molecule has 0 amide bonds. The molecule has 11 nitrogen and oxygen atoms in total. The molecule has 0 radical (unpaired) electrons. The first-order valence-corrected chi connectivity index (χ1v) is 14.5. The van der Waals surface area contributed by atoms with Gasteiger partial charge in [0.2, 0.25) is 11.6 Å². The second kappa shape index (κ2) is 13.8. The molecule has 0 atom stereocenters. The number of phenolic OH excluding ortho intramolecular Hbond substituents is 1. The van der Waals surface area contributed by atoms with Crippen molar-refractivity contribution in [3.05, 3.63) is 78.1 Å². The Kier molecular flexibility index (Phi) is 9.95. The van der Waals surface area contributed by atoms with Crippen LogP contribution in [0.15, 0.2) is 60.8 Å². The molecule has 0 aliphatic carbocycles. The van der Waals surface area contributed by atoms with Crippen molar-refractivity contribution < 1.29 is 9.84 Å². The average Bonchev–Trinajstić information content (AvgIpc) is 3.01. The molecule has 2 aromatic carbocycles. The third-order valence-corrected chi connectivity index (χ3v) is 6.23. The highest BCUT2D eigenvalue weighted by atomic mass is 16.5. The van der Waals surface area contributed by atoms with Crippen LogP contribution in [0.2, 0.25) is 0 Å². The molecule has 0 bridgehead atoms. The molecule has 230 valence electrons. The number of phenols is 1. The van der Waals surface area contributed by atoms with Gasteiger partial charge in [-0.2, -0.15) is 10.5 Å². The molecule has 0 saturated carbocycles. The quantitative estimate of drug-likeness (QED) is 0.183. The van der Waals surface area contributed by atoms with E-state index >= 15 is 0 Å². The highest BCUT2D eigenvalue weighted by Crippen LogP contribution is 2.28. The Hall–Kier alpha value is -5.55. The Morgan fingerprint density at radius 3 is 1.80 bits per heavy atom. The third-order valence-electron chi connectivity index (χ3n) is 6.23. The summed E-state index contributed by atoms with van der Waals surface area (Å²) in [5, 5.41) is 35.8. The maximum atomic E-state index is 9.56. The number of rotatable bonds is 7. The van der Waals surface area contributed by atoms with Crippen LogP contribution in [0.3, 0.4) is 0 Å². The van der Waals surface area contributed by atoms with E-state index in [9.17, 15) is 10.4 Å². The predicted molar refractivity (Wildman–Crippen MR) is 175 cm³/mol. The molecule has 0 fully saturated rings. The lowest BCUT2D eigenvalue weighted by molar-refractivity contribution is 0.302. The molecule has 45 heavy (non-hydrogen) atoms. The Morgan fingerprint density at radius 2 is 1.29 bits per heavy atom. The van der Waals surface area contributed by atoms with E-state index in [1.165, 1.54) is 0 Å². The Morgan fingerprint density at radius 1 is 0.733 bits per heavy atom. The van der Waals surface area contributed by atoms with Crippen LogP contribution >= 0.6 is 0 Å².